The van der Waals surface area contributed by atoms with Gasteiger partial charge >= 0.3 is 12.2 Å². The van der Waals surface area contributed by atoms with Crippen molar-refractivity contribution >= 4 is 23.5 Å². The van der Waals surface area contributed by atoms with Gasteiger partial charge in [-0.1, -0.05) is 121 Å². The summed E-state index contributed by atoms with van der Waals surface area (Å²) in [6.07, 6.45) is 5.99. The molecule has 2 fully saturated rings. The number of hydrogen-bond acceptors (Lipinski definition) is 17. The first kappa shape index (κ1) is 74.7. The Labute approximate surface area is 593 Å². The molecule has 0 radical (unpaired) electrons. The number of ether oxygens (including phenoxy) is 5. The minimum Gasteiger partial charge on any atom is -0.493 e. The van der Waals surface area contributed by atoms with Gasteiger partial charge in [0.1, 0.15) is 22.9 Å². The summed E-state index contributed by atoms with van der Waals surface area (Å²) >= 11 is 0. The Morgan fingerprint density at radius 3 is 1.29 bits per heavy atom. The van der Waals surface area contributed by atoms with Crippen LogP contribution in [0.15, 0.2) is 179 Å². The third-order valence-corrected chi connectivity index (χ3v) is 16.4. The number of aromatic nitrogens is 6. The van der Waals surface area contributed by atoms with Gasteiger partial charge in [0.25, 0.3) is 0 Å². The summed E-state index contributed by atoms with van der Waals surface area (Å²) in [7, 11) is 1.76. The van der Waals surface area contributed by atoms with Crippen LogP contribution < -0.4 is 19.9 Å². The number of imidazole rings is 2. The minimum atomic E-state index is -2.62. The van der Waals surface area contributed by atoms with Crippen LogP contribution in [0.4, 0.5) is 53.5 Å². The molecule has 8 heterocycles. The monoisotopic (exact) mass is 1460 g/mol. The van der Waals surface area contributed by atoms with Crippen molar-refractivity contribution in [3.63, 3.8) is 0 Å². The summed E-state index contributed by atoms with van der Waals surface area (Å²) in [5.74, 6) is -28.5. The second kappa shape index (κ2) is 35.2. The van der Waals surface area contributed by atoms with E-state index in [1.807, 2.05) is 138 Å². The number of morpholine rings is 2. The van der Waals surface area contributed by atoms with E-state index in [2.05, 4.69) is 43.5 Å². The van der Waals surface area contributed by atoms with Crippen LogP contribution in [0.1, 0.15) is 45.4 Å². The van der Waals surface area contributed by atoms with Crippen LogP contribution in [0.2, 0.25) is 0 Å². The number of nitrogens with two attached hydrogens (primary N) is 1. The predicted octanol–water partition coefficient (Wildman–Crippen LogP) is 13.7. The molecule has 0 spiro atoms. The van der Waals surface area contributed by atoms with Gasteiger partial charge in [-0.25, -0.2) is 55.9 Å². The Kier molecular flexibility index (Phi) is 25.0. The van der Waals surface area contributed by atoms with Crippen molar-refractivity contribution in [1.29, 1.82) is 0 Å². The third kappa shape index (κ3) is 18.5. The smallest absolute Gasteiger partial charge is 0.493 e. The standard InChI is InChI=1S/C32H33N5O4.C24H19N3O2.C13F10O3.C6H14N2O/c1-35(14-15-36-16-19-39-20-17-36)32(38)41-31-28(22-26-13-8-18-40-26)34-30-27(21-24-9-4-2-5-10-24)33-29(23-37(30)31)25-11-6-3-7-12-25;28-24-21(15-19-12-7-13-29-19)26-23-20(14-17-8-3-1-4-9-17)25-22(16-27(23)24)18-10-5-2-6-11-18;14-1-3(16)7(20)11(8(21)4(1)17)25-13(24)26-12-9(22)5(18)2(15)6(19)10(12)23;7-1-2-8-3-5-9-6-4-8/h2-13,18,23H,14-17,19-22H2,1H3;1-13,16,28H,14-15H2;;1-7H2. The molecule has 20 nitrogen and oxygen atoms in total. The molecule has 30 heteroatoms. The maximum absolute atomic E-state index is 13.4. The lowest BCUT2D eigenvalue weighted by molar-refractivity contribution is 0.0349. The molecule has 2 aliphatic heterocycles. The highest BCUT2D eigenvalue weighted by molar-refractivity contribution is 5.72. The van der Waals surface area contributed by atoms with Gasteiger partial charge in [-0.2, -0.15) is 17.6 Å². The van der Waals surface area contributed by atoms with Gasteiger partial charge in [0.05, 0.1) is 74.6 Å². The van der Waals surface area contributed by atoms with E-state index in [-0.39, 0.29) is 5.88 Å². The molecule has 6 aromatic carbocycles. The molecule has 0 unspecified atom stereocenters. The Balaban J connectivity index is 0.000000152. The van der Waals surface area contributed by atoms with Gasteiger partial charge in [0.2, 0.25) is 81.4 Å². The van der Waals surface area contributed by atoms with Crippen LogP contribution >= 0.6 is 0 Å². The van der Waals surface area contributed by atoms with Gasteiger partial charge in [-0.3, -0.25) is 18.6 Å². The Hall–Kier alpha value is -11.4. The molecule has 6 aromatic heterocycles. The van der Waals surface area contributed by atoms with Crippen molar-refractivity contribution in [2.45, 2.75) is 25.7 Å². The second-order valence-corrected chi connectivity index (χ2v) is 23.6. The Bertz CT molecular complexity index is 4770. The van der Waals surface area contributed by atoms with Crippen molar-refractivity contribution in [1.82, 2.24) is 43.4 Å². The summed E-state index contributed by atoms with van der Waals surface area (Å²) in [4.78, 5) is 50.5. The van der Waals surface area contributed by atoms with Crippen LogP contribution in [-0.2, 0) is 35.2 Å². The van der Waals surface area contributed by atoms with Crippen LogP contribution in [0.3, 0.4) is 0 Å². The summed E-state index contributed by atoms with van der Waals surface area (Å²) in [5, 5.41) is 10.9. The number of furan rings is 2. The fourth-order valence-corrected chi connectivity index (χ4v) is 11.0. The Morgan fingerprint density at radius 2 is 0.857 bits per heavy atom. The number of rotatable bonds is 18. The largest absolute Gasteiger partial charge is 0.519 e. The number of aromatic hydroxyl groups is 1. The number of benzene rings is 6. The van der Waals surface area contributed by atoms with E-state index in [0.717, 1.165) is 129 Å². The van der Waals surface area contributed by atoms with Crippen molar-refractivity contribution < 1.29 is 91.1 Å². The highest BCUT2D eigenvalue weighted by Crippen LogP contribution is 2.35. The van der Waals surface area contributed by atoms with E-state index in [0.29, 0.717) is 60.8 Å². The zero-order valence-corrected chi connectivity index (χ0v) is 56.0. The highest BCUT2D eigenvalue weighted by Gasteiger charge is 2.33. The SMILES string of the molecule is CN(CCN1CCOCC1)C(=O)Oc1c(Cc2ccco2)nc2c(Cc3ccccc3)nc(-c3ccccc3)cn12.NCCN1CCOCC1.O=C(Oc1c(F)c(F)c(F)c(F)c1F)Oc1c(F)c(F)c(F)c(F)c1F.Oc1c(Cc2ccco2)nc2c(Cc3ccccc3)nc(-c3ccccc3)cn12. The van der Waals surface area contributed by atoms with Gasteiger partial charge < -0.3 is 48.3 Å². The third-order valence-electron chi connectivity index (χ3n) is 16.4. The Morgan fingerprint density at radius 1 is 0.467 bits per heavy atom. The maximum atomic E-state index is 13.4. The zero-order chi connectivity index (χ0) is 74.1. The van der Waals surface area contributed by atoms with Crippen LogP contribution in [0.25, 0.3) is 33.8 Å². The molecule has 105 heavy (non-hydrogen) atoms. The molecular weight excluding hydrogens is 1390 g/mol. The van der Waals surface area contributed by atoms with E-state index in [1.54, 1.807) is 28.9 Å². The molecule has 1 amide bonds. The first-order chi connectivity index (χ1) is 50.8. The first-order valence-corrected chi connectivity index (χ1v) is 32.7. The average molecular weight is 1460 g/mol. The molecule has 14 rings (SSSR count). The van der Waals surface area contributed by atoms with Gasteiger partial charge in [-0.15, -0.1) is 0 Å². The van der Waals surface area contributed by atoms with Crippen molar-refractivity contribution in [3.05, 3.63) is 274 Å². The number of likely N-dealkylation sites (N-methyl/N-ethyl adjacent to an activating group) is 1. The summed E-state index contributed by atoms with van der Waals surface area (Å²) in [6, 6.07) is 47.7. The van der Waals surface area contributed by atoms with E-state index < -0.39 is 81.9 Å². The number of hydrogen-bond donors (Lipinski definition) is 2. The van der Waals surface area contributed by atoms with E-state index in [4.69, 9.17) is 48.7 Å². The highest BCUT2D eigenvalue weighted by atomic mass is 19.2. The van der Waals surface area contributed by atoms with Gasteiger partial charge in [0.15, 0.2) is 11.3 Å². The van der Waals surface area contributed by atoms with Gasteiger partial charge in [0, 0.05) is 95.8 Å². The molecule has 0 saturated carbocycles. The average Bonchev–Trinajstić information content (AvgIpc) is 1.67. The van der Waals surface area contributed by atoms with Crippen molar-refractivity contribution in [2.24, 2.45) is 5.73 Å². The fourth-order valence-electron chi connectivity index (χ4n) is 11.0. The van der Waals surface area contributed by atoms with Gasteiger partial charge in [-0.05, 0) is 35.4 Å². The lowest BCUT2D eigenvalue weighted by Crippen LogP contribution is -2.42. The number of nitrogens with zero attached hydrogens (tertiary/aromatic N) is 9. The molecule has 12 aromatic rings. The summed E-state index contributed by atoms with van der Waals surface area (Å²) in [5.41, 5.74) is 15.2. The number of carbonyl (C=O) groups is 2. The molecule has 0 aliphatic carbocycles. The molecule has 2 aliphatic rings. The van der Waals surface area contributed by atoms with Crippen LogP contribution in [-0.4, -0.2) is 147 Å². The number of fused-ring (bicyclic) bond motifs is 2. The number of halogens is 10. The lowest BCUT2D eigenvalue weighted by Gasteiger charge is -2.28. The second-order valence-electron chi connectivity index (χ2n) is 23.6. The maximum Gasteiger partial charge on any atom is 0.519 e. The lowest BCUT2D eigenvalue weighted by atomic mass is 10.1. The molecule has 546 valence electrons. The molecule has 2 saturated heterocycles. The quantitative estimate of drug-likeness (QED) is 0.0268. The molecular formula is C75H66F10N10O10. The number of carbonyl (C=O) groups excluding carboxylic acids is 2. The molecule has 0 atom stereocenters. The van der Waals surface area contributed by atoms with E-state index in [9.17, 15) is 58.6 Å². The molecule has 3 N–H and O–H groups in total. The number of amides is 1. The molecule has 0 bridgehead atoms. The normalized spacial score (nSPS) is 13.1. The zero-order valence-electron chi connectivity index (χ0n) is 56.0. The summed E-state index contributed by atoms with van der Waals surface area (Å²) < 4.78 is 169. The predicted molar refractivity (Wildman–Crippen MR) is 361 cm³/mol. The fraction of sp³-hybridized carbons (Fsp3) is 0.227. The first-order valence-electron chi connectivity index (χ1n) is 32.7. The van der Waals surface area contributed by atoms with Crippen molar-refractivity contribution in [3.8, 4) is 45.8 Å². The minimum absolute atomic E-state index is 0.116. The van der Waals surface area contributed by atoms with Crippen LogP contribution in [0.5, 0.6) is 23.3 Å². The van der Waals surface area contributed by atoms with E-state index in [1.165, 1.54) is 0 Å². The summed E-state index contributed by atoms with van der Waals surface area (Å²) in [6.45, 7) is 10.1. The topological polar surface area (TPSA) is 223 Å². The van der Waals surface area contributed by atoms with Crippen LogP contribution in [0, 0.1) is 58.2 Å². The van der Waals surface area contributed by atoms with E-state index >= 15 is 0 Å². The van der Waals surface area contributed by atoms with Crippen molar-refractivity contribution in [2.75, 3.05) is 85.8 Å².